The number of ether oxygens (including phenoxy) is 1. The monoisotopic (exact) mass is 367 g/mol. The van der Waals surface area contributed by atoms with Crippen LogP contribution >= 0.6 is 15.9 Å². The third kappa shape index (κ3) is 6.70. The van der Waals surface area contributed by atoms with Crippen LogP contribution in [0, 0.1) is 0 Å². The highest BCUT2D eigenvalue weighted by atomic mass is 79.9. The van der Waals surface area contributed by atoms with Crippen molar-refractivity contribution in [3.8, 4) is 5.75 Å². The first-order valence-electron chi connectivity index (χ1n) is 7.01. The molecule has 120 valence electrons. The molecule has 1 aromatic rings. The van der Waals surface area contributed by atoms with Crippen LogP contribution in [-0.4, -0.2) is 19.8 Å². The molecule has 1 aromatic carbocycles. The van der Waals surface area contributed by atoms with E-state index in [1.54, 1.807) is 7.11 Å². The van der Waals surface area contributed by atoms with Gasteiger partial charge in [-0.3, -0.25) is 0 Å². The topological polar surface area (TPSA) is 21.3 Å². The third-order valence-corrected chi connectivity index (χ3v) is 3.66. The first-order valence-corrected chi connectivity index (χ1v) is 7.80. The van der Waals surface area contributed by atoms with Crippen LogP contribution in [0.25, 0.3) is 0 Å². The summed E-state index contributed by atoms with van der Waals surface area (Å²) in [6, 6.07) is 5.47. The molecule has 0 spiro atoms. The van der Waals surface area contributed by atoms with Gasteiger partial charge in [0.2, 0.25) is 0 Å². The van der Waals surface area contributed by atoms with Gasteiger partial charge in [0, 0.05) is 22.5 Å². The summed E-state index contributed by atoms with van der Waals surface area (Å²) in [7, 11) is 1.57. The van der Waals surface area contributed by atoms with Gasteiger partial charge in [0.1, 0.15) is 5.75 Å². The molecular weight excluding hydrogens is 347 g/mol. The lowest BCUT2D eigenvalue weighted by Gasteiger charge is -2.22. The standard InChI is InChI=1S/C15H21BrF3NO/c1-3-9-20-13(5-4-8-15(17,18)19)12-7-6-11(16)10-14(12)21-2/h6-7,10,13,20H,3-5,8-9H2,1-2H3. The molecule has 0 heterocycles. The van der Waals surface area contributed by atoms with E-state index in [-0.39, 0.29) is 12.5 Å². The summed E-state index contributed by atoms with van der Waals surface area (Å²) in [6.45, 7) is 2.79. The number of hydrogen-bond acceptors (Lipinski definition) is 2. The van der Waals surface area contributed by atoms with Crippen LogP contribution in [0.1, 0.15) is 44.2 Å². The number of methoxy groups -OCH3 is 1. The Bertz CT molecular complexity index is 437. The second-order valence-electron chi connectivity index (χ2n) is 4.90. The molecule has 1 rings (SSSR count). The summed E-state index contributed by atoms with van der Waals surface area (Å²) < 4.78 is 43.1. The summed E-state index contributed by atoms with van der Waals surface area (Å²) in [6.07, 6.45) is -3.40. The zero-order chi connectivity index (χ0) is 15.9. The highest BCUT2D eigenvalue weighted by molar-refractivity contribution is 9.10. The van der Waals surface area contributed by atoms with Crippen LogP contribution in [0.2, 0.25) is 0 Å². The zero-order valence-electron chi connectivity index (χ0n) is 12.3. The van der Waals surface area contributed by atoms with Gasteiger partial charge in [0.15, 0.2) is 0 Å². The Kier molecular flexibility index (Phi) is 7.52. The van der Waals surface area contributed by atoms with Crippen molar-refractivity contribution in [2.45, 2.75) is 44.8 Å². The molecule has 6 heteroatoms. The molecule has 0 fully saturated rings. The van der Waals surface area contributed by atoms with Gasteiger partial charge in [-0.25, -0.2) is 0 Å². The van der Waals surface area contributed by atoms with Crippen LogP contribution in [-0.2, 0) is 0 Å². The molecule has 0 aliphatic carbocycles. The Morgan fingerprint density at radius 2 is 2.05 bits per heavy atom. The molecular formula is C15H21BrF3NO. The molecule has 1 atom stereocenters. The van der Waals surface area contributed by atoms with Gasteiger partial charge >= 0.3 is 6.18 Å². The molecule has 0 radical (unpaired) electrons. The number of hydrogen-bond donors (Lipinski definition) is 1. The molecule has 0 aliphatic rings. The average Bonchev–Trinajstić information content (AvgIpc) is 2.41. The molecule has 0 amide bonds. The largest absolute Gasteiger partial charge is 0.496 e. The fraction of sp³-hybridized carbons (Fsp3) is 0.600. The van der Waals surface area contributed by atoms with Gasteiger partial charge in [0.25, 0.3) is 0 Å². The van der Waals surface area contributed by atoms with E-state index >= 15 is 0 Å². The molecule has 1 N–H and O–H groups in total. The molecule has 21 heavy (non-hydrogen) atoms. The average molecular weight is 368 g/mol. The van der Waals surface area contributed by atoms with E-state index in [0.717, 1.165) is 23.0 Å². The Labute approximate surface area is 132 Å². The van der Waals surface area contributed by atoms with Gasteiger partial charge in [-0.2, -0.15) is 13.2 Å². The van der Waals surface area contributed by atoms with E-state index in [1.165, 1.54) is 0 Å². The normalized spacial score (nSPS) is 13.2. The van der Waals surface area contributed by atoms with E-state index in [4.69, 9.17) is 4.74 Å². The highest BCUT2D eigenvalue weighted by Crippen LogP contribution is 2.32. The van der Waals surface area contributed by atoms with Gasteiger partial charge in [-0.05, 0) is 37.9 Å². The van der Waals surface area contributed by atoms with E-state index < -0.39 is 12.6 Å². The molecule has 1 unspecified atom stereocenters. The second-order valence-corrected chi connectivity index (χ2v) is 5.82. The lowest BCUT2D eigenvalue weighted by molar-refractivity contribution is -0.135. The van der Waals surface area contributed by atoms with E-state index in [1.807, 2.05) is 25.1 Å². The maximum atomic E-state index is 12.3. The van der Waals surface area contributed by atoms with Gasteiger partial charge in [-0.15, -0.1) is 0 Å². The maximum absolute atomic E-state index is 12.3. The fourth-order valence-electron chi connectivity index (χ4n) is 2.17. The number of benzene rings is 1. The Morgan fingerprint density at radius 1 is 1.33 bits per heavy atom. The van der Waals surface area contributed by atoms with Crippen molar-refractivity contribution in [3.05, 3.63) is 28.2 Å². The Balaban J connectivity index is 2.81. The summed E-state index contributed by atoms with van der Waals surface area (Å²) in [4.78, 5) is 0. The SMILES string of the molecule is CCCNC(CCCC(F)(F)F)c1ccc(Br)cc1OC. The predicted octanol–water partition coefficient (Wildman–Crippen LogP) is 5.23. The maximum Gasteiger partial charge on any atom is 0.389 e. The summed E-state index contributed by atoms with van der Waals surface area (Å²) in [5.41, 5.74) is 0.899. The van der Waals surface area contributed by atoms with Crippen LogP contribution in [0.4, 0.5) is 13.2 Å². The van der Waals surface area contributed by atoms with E-state index in [9.17, 15) is 13.2 Å². The molecule has 0 saturated carbocycles. The summed E-state index contributed by atoms with van der Waals surface area (Å²) >= 11 is 3.37. The first-order chi connectivity index (χ1) is 9.87. The molecule has 0 aliphatic heterocycles. The van der Waals surface area contributed by atoms with Crippen LogP contribution in [0.15, 0.2) is 22.7 Å². The van der Waals surface area contributed by atoms with Crippen molar-refractivity contribution in [2.24, 2.45) is 0 Å². The summed E-state index contributed by atoms with van der Waals surface area (Å²) in [5, 5.41) is 3.30. The van der Waals surface area contributed by atoms with E-state index in [2.05, 4.69) is 21.2 Å². The minimum Gasteiger partial charge on any atom is -0.496 e. The van der Waals surface area contributed by atoms with E-state index in [0.29, 0.717) is 12.2 Å². The second kappa shape index (κ2) is 8.63. The minimum absolute atomic E-state index is 0.101. The Hall–Kier alpha value is -0.750. The van der Waals surface area contributed by atoms with Crippen molar-refractivity contribution in [1.82, 2.24) is 5.32 Å². The molecule has 0 saturated heterocycles. The van der Waals surface area contributed by atoms with Crippen molar-refractivity contribution in [3.63, 3.8) is 0 Å². The van der Waals surface area contributed by atoms with Gasteiger partial charge in [-0.1, -0.05) is 28.9 Å². The Morgan fingerprint density at radius 3 is 2.62 bits per heavy atom. The number of halogens is 4. The van der Waals surface area contributed by atoms with Crippen LogP contribution < -0.4 is 10.1 Å². The quantitative estimate of drug-likeness (QED) is 0.678. The van der Waals surface area contributed by atoms with Gasteiger partial charge < -0.3 is 10.1 Å². The molecule has 0 aromatic heterocycles. The van der Waals surface area contributed by atoms with Crippen LogP contribution in [0.3, 0.4) is 0 Å². The fourth-order valence-corrected chi connectivity index (χ4v) is 2.51. The van der Waals surface area contributed by atoms with Gasteiger partial charge in [0.05, 0.1) is 7.11 Å². The predicted molar refractivity (Wildman–Crippen MR) is 81.6 cm³/mol. The lowest BCUT2D eigenvalue weighted by Crippen LogP contribution is -2.23. The van der Waals surface area contributed by atoms with Crippen molar-refractivity contribution < 1.29 is 17.9 Å². The lowest BCUT2D eigenvalue weighted by atomic mass is 9.99. The molecule has 0 bridgehead atoms. The minimum atomic E-state index is -4.10. The summed E-state index contributed by atoms with van der Waals surface area (Å²) in [5.74, 6) is 0.685. The smallest absolute Gasteiger partial charge is 0.389 e. The number of rotatable bonds is 8. The first kappa shape index (κ1) is 18.3. The molecule has 2 nitrogen and oxygen atoms in total. The number of nitrogens with one attached hydrogen (secondary N) is 1. The third-order valence-electron chi connectivity index (χ3n) is 3.16. The van der Waals surface area contributed by atoms with Crippen molar-refractivity contribution in [2.75, 3.05) is 13.7 Å². The zero-order valence-corrected chi connectivity index (χ0v) is 13.9. The van der Waals surface area contributed by atoms with Crippen molar-refractivity contribution >= 4 is 15.9 Å². The van der Waals surface area contributed by atoms with Crippen molar-refractivity contribution in [1.29, 1.82) is 0 Å². The van der Waals surface area contributed by atoms with Crippen LogP contribution in [0.5, 0.6) is 5.75 Å². The highest BCUT2D eigenvalue weighted by Gasteiger charge is 2.27. The number of alkyl halides is 3.